The van der Waals surface area contributed by atoms with E-state index < -0.39 is 49.8 Å². The standard InChI is InChI=1S/C26H31F3N2O5S/c1-4-12-25(13-5-2)14-19(32)22(24(33)36-25)17(6-3)21-18(26(27,28)29)15-31-23(37(30,34)35)20(21)16-10-8-7-9-11-16/h7-11,15,17,32H,4-6,12-14H2,1-3H3,(H2,30,34,35). The Balaban J connectivity index is 2.40. The number of primary sulfonamides is 1. The van der Waals surface area contributed by atoms with Crippen LogP contribution in [0.25, 0.3) is 11.1 Å². The summed E-state index contributed by atoms with van der Waals surface area (Å²) >= 11 is 0. The highest BCUT2D eigenvalue weighted by Crippen LogP contribution is 2.48. The Morgan fingerprint density at radius 3 is 2.19 bits per heavy atom. The summed E-state index contributed by atoms with van der Waals surface area (Å²) in [6, 6.07) is 7.55. The van der Waals surface area contributed by atoms with E-state index in [-0.39, 0.29) is 35.3 Å². The second-order valence-corrected chi connectivity index (χ2v) is 10.7. The molecular weight excluding hydrogens is 509 g/mol. The molecule has 3 rings (SSSR count). The Labute approximate surface area is 214 Å². The molecule has 0 bridgehead atoms. The number of benzene rings is 1. The fourth-order valence-electron chi connectivity index (χ4n) is 5.21. The van der Waals surface area contributed by atoms with Crippen LogP contribution in [0.2, 0.25) is 0 Å². The molecule has 202 valence electrons. The lowest BCUT2D eigenvalue weighted by Gasteiger charge is -2.39. The van der Waals surface area contributed by atoms with Crippen LogP contribution < -0.4 is 5.14 Å². The molecule has 0 amide bonds. The van der Waals surface area contributed by atoms with E-state index in [1.54, 1.807) is 13.0 Å². The summed E-state index contributed by atoms with van der Waals surface area (Å²) < 4.78 is 73.8. The number of nitrogens with zero attached hydrogens (tertiary/aromatic N) is 1. The first kappa shape index (κ1) is 28.6. The highest BCUT2D eigenvalue weighted by Gasteiger charge is 2.46. The number of cyclic esters (lactones) is 1. The van der Waals surface area contributed by atoms with Crippen LogP contribution in [0.3, 0.4) is 0 Å². The summed E-state index contributed by atoms with van der Waals surface area (Å²) in [6.07, 6.45) is -2.34. The number of ether oxygens (including phenoxy) is 1. The van der Waals surface area contributed by atoms with Crippen LogP contribution in [-0.4, -0.2) is 30.1 Å². The summed E-state index contributed by atoms with van der Waals surface area (Å²) in [5.74, 6) is -2.62. The van der Waals surface area contributed by atoms with Crippen molar-refractivity contribution in [2.45, 2.75) is 82.0 Å². The van der Waals surface area contributed by atoms with E-state index in [9.17, 15) is 31.5 Å². The van der Waals surface area contributed by atoms with Gasteiger partial charge < -0.3 is 9.84 Å². The predicted octanol–water partition coefficient (Wildman–Crippen LogP) is 6.01. The average molecular weight is 541 g/mol. The molecule has 1 aromatic heterocycles. The fraction of sp³-hybridized carbons (Fsp3) is 0.462. The minimum atomic E-state index is -4.95. The molecular formula is C26H31F3N2O5S. The molecule has 0 fully saturated rings. The molecule has 0 spiro atoms. The van der Waals surface area contributed by atoms with Crippen molar-refractivity contribution in [2.75, 3.05) is 0 Å². The van der Waals surface area contributed by atoms with Crippen molar-refractivity contribution >= 4 is 16.0 Å². The average Bonchev–Trinajstić information content (AvgIpc) is 2.80. The number of carbonyl (C=O) groups excluding carboxylic acids is 1. The lowest BCUT2D eigenvalue weighted by atomic mass is 9.78. The fourth-order valence-corrected chi connectivity index (χ4v) is 5.92. The first-order valence-electron chi connectivity index (χ1n) is 12.1. The molecule has 1 atom stereocenters. The lowest BCUT2D eigenvalue weighted by Crippen LogP contribution is -2.41. The Kier molecular flexibility index (Phi) is 8.38. The molecule has 0 radical (unpaired) electrons. The van der Waals surface area contributed by atoms with Crippen LogP contribution in [0.1, 0.15) is 76.3 Å². The Bertz CT molecular complexity index is 1290. The van der Waals surface area contributed by atoms with Crippen molar-refractivity contribution < 1.29 is 36.2 Å². The van der Waals surface area contributed by atoms with Gasteiger partial charge in [0, 0.05) is 24.1 Å². The minimum absolute atomic E-state index is 0.0403. The van der Waals surface area contributed by atoms with Gasteiger partial charge in [0.25, 0.3) is 10.0 Å². The monoisotopic (exact) mass is 540 g/mol. The quantitative estimate of drug-likeness (QED) is 0.376. The number of sulfonamides is 1. The summed E-state index contributed by atoms with van der Waals surface area (Å²) in [6.45, 7) is 5.36. The molecule has 0 saturated carbocycles. The van der Waals surface area contributed by atoms with Gasteiger partial charge in [0.05, 0.1) is 11.1 Å². The predicted molar refractivity (Wildman–Crippen MR) is 132 cm³/mol. The molecule has 7 nitrogen and oxygen atoms in total. The lowest BCUT2D eigenvalue weighted by molar-refractivity contribution is -0.161. The zero-order valence-corrected chi connectivity index (χ0v) is 21.7. The van der Waals surface area contributed by atoms with Gasteiger partial charge in [-0.25, -0.2) is 23.3 Å². The number of nitrogens with two attached hydrogens (primary N) is 1. The van der Waals surface area contributed by atoms with Crippen molar-refractivity contribution in [2.24, 2.45) is 5.14 Å². The minimum Gasteiger partial charge on any atom is -0.512 e. The van der Waals surface area contributed by atoms with Crippen LogP contribution >= 0.6 is 0 Å². The molecule has 1 aliphatic rings. The first-order chi connectivity index (χ1) is 17.3. The van der Waals surface area contributed by atoms with E-state index in [1.165, 1.54) is 24.3 Å². The number of hydrogen-bond acceptors (Lipinski definition) is 6. The topological polar surface area (TPSA) is 120 Å². The number of aromatic nitrogens is 1. The third-order valence-corrected chi connectivity index (χ3v) is 7.42. The van der Waals surface area contributed by atoms with E-state index in [1.807, 2.05) is 13.8 Å². The van der Waals surface area contributed by atoms with Crippen molar-refractivity contribution in [3.8, 4) is 11.1 Å². The maximum absolute atomic E-state index is 14.3. The summed E-state index contributed by atoms with van der Waals surface area (Å²) in [4.78, 5) is 17.0. The van der Waals surface area contributed by atoms with Gasteiger partial charge >= 0.3 is 12.1 Å². The van der Waals surface area contributed by atoms with Crippen LogP contribution in [0, 0.1) is 0 Å². The number of pyridine rings is 1. The highest BCUT2D eigenvalue weighted by molar-refractivity contribution is 7.89. The van der Waals surface area contributed by atoms with E-state index in [0.29, 0.717) is 31.9 Å². The van der Waals surface area contributed by atoms with Gasteiger partial charge in [0.15, 0.2) is 5.03 Å². The number of rotatable bonds is 9. The van der Waals surface area contributed by atoms with Gasteiger partial charge in [-0.2, -0.15) is 13.2 Å². The smallest absolute Gasteiger partial charge is 0.418 e. The van der Waals surface area contributed by atoms with Crippen LogP contribution in [0.4, 0.5) is 13.2 Å². The summed E-state index contributed by atoms with van der Waals surface area (Å²) in [7, 11) is -4.57. The Morgan fingerprint density at radius 1 is 1.14 bits per heavy atom. The molecule has 37 heavy (non-hydrogen) atoms. The van der Waals surface area contributed by atoms with E-state index in [0.717, 1.165) is 0 Å². The molecule has 0 saturated heterocycles. The maximum atomic E-state index is 14.3. The van der Waals surface area contributed by atoms with Gasteiger partial charge in [-0.05, 0) is 30.4 Å². The third kappa shape index (κ3) is 5.82. The summed E-state index contributed by atoms with van der Waals surface area (Å²) in [5.41, 5.74) is -3.24. The Morgan fingerprint density at radius 2 is 1.73 bits per heavy atom. The van der Waals surface area contributed by atoms with E-state index in [4.69, 9.17) is 9.88 Å². The maximum Gasteiger partial charge on any atom is 0.418 e. The zero-order chi connectivity index (χ0) is 27.6. The SMILES string of the molecule is CCCC1(CCC)CC(O)=C(C(CC)c2c(C(F)(F)F)cnc(S(N)(=O)=O)c2-c2ccccc2)C(=O)O1. The highest BCUT2D eigenvalue weighted by atomic mass is 32.2. The number of aliphatic hydroxyl groups excluding tert-OH is 1. The van der Waals surface area contributed by atoms with Crippen molar-refractivity contribution in [3.63, 3.8) is 0 Å². The summed E-state index contributed by atoms with van der Waals surface area (Å²) in [5, 5.41) is 15.7. The number of carbonyl (C=O) groups is 1. The largest absolute Gasteiger partial charge is 0.512 e. The van der Waals surface area contributed by atoms with Crippen LogP contribution in [0.5, 0.6) is 0 Å². The van der Waals surface area contributed by atoms with Gasteiger partial charge in [-0.3, -0.25) is 0 Å². The van der Waals surface area contributed by atoms with Gasteiger partial charge in [0.1, 0.15) is 11.4 Å². The normalized spacial score (nSPS) is 17.0. The second-order valence-electron chi connectivity index (χ2n) is 9.25. The molecule has 0 aliphatic carbocycles. The molecule has 11 heteroatoms. The number of aliphatic hydroxyl groups is 1. The number of esters is 1. The van der Waals surface area contributed by atoms with Crippen LogP contribution in [0.15, 0.2) is 52.9 Å². The molecule has 2 aromatic rings. The van der Waals surface area contributed by atoms with Crippen molar-refractivity contribution in [1.29, 1.82) is 0 Å². The number of halogens is 3. The Hall–Kier alpha value is -2.92. The first-order valence-corrected chi connectivity index (χ1v) is 13.7. The van der Waals surface area contributed by atoms with Gasteiger partial charge in [-0.15, -0.1) is 0 Å². The molecule has 2 heterocycles. The van der Waals surface area contributed by atoms with E-state index in [2.05, 4.69) is 4.98 Å². The molecule has 1 aromatic carbocycles. The van der Waals surface area contributed by atoms with E-state index >= 15 is 0 Å². The third-order valence-electron chi connectivity index (χ3n) is 6.57. The molecule has 3 N–H and O–H groups in total. The van der Waals surface area contributed by atoms with Gasteiger partial charge in [-0.1, -0.05) is 63.9 Å². The van der Waals surface area contributed by atoms with Gasteiger partial charge in [0.2, 0.25) is 0 Å². The number of alkyl halides is 3. The second kappa shape index (κ2) is 10.8. The van der Waals surface area contributed by atoms with Crippen molar-refractivity contribution in [1.82, 2.24) is 4.98 Å². The zero-order valence-electron chi connectivity index (χ0n) is 20.9. The van der Waals surface area contributed by atoms with Crippen molar-refractivity contribution in [3.05, 3.63) is 59.0 Å². The van der Waals surface area contributed by atoms with Crippen LogP contribution in [-0.2, 0) is 25.7 Å². The molecule has 1 aliphatic heterocycles. The molecule has 1 unspecified atom stereocenters. The number of hydrogen-bond donors (Lipinski definition) is 2.